The van der Waals surface area contributed by atoms with Crippen molar-refractivity contribution in [2.45, 2.75) is 19.8 Å². The van der Waals surface area contributed by atoms with Crippen LogP contribution in [0.1, 0.15) is 24.0 Å². The predicted molar refractivity (Wildman–Crippen MR) is 95.7 cm³/mol. The van der Waals surface area contributed by atoms with Gasteiger partial charge in [0, 0.05) is 3.57 Å². The summed E-state index contributed by atoms with van der Waals surface area (Å²) in [6, 6.07) is 15.6. The Morgan fingerprint density at radius 2 is 1.80 bits per heavy atom. The van der Waals surface area contributed by atoms with Gasteiger partial charge in [-0.2, -0.15) is 0 Å². The van der Waals surface area contributed by atoms with E-state index < -0.39 is 0 Å². The zero-order chi connectivity index (χ0) is 13.9. The minimum absolute atomic E-state index is 1.14. The number of hydrogen-bond donors (Lipinski definition) is 0. The molecule has 1 aliphatic rings. The van der Waals surface area contributed by atoms with Gasteiger partial charge < -0.3 is 0 Å². The van der Waals surface area contributed by atoms with Crippen molar-refractivity contribution in [3.8, 4) is 11.1 Å². The molecule has 0 atom stereocenters. The third kappa shape index (κ3) is 3.04. The highest BCUT2D eigenvalue weighted by Crippen LogP contribution is 2.29. The molecule has 0 N–H and O–H groups in total. The molecule has 0 heterocycles. The van der Waals surface area contributed by atoms with Crippen LogP contribution in [0.4, 0.5) is 0 Å². The van der Waals surface area contributed by atoms with Gasteiger partial charge in [-0.15, -0.1) is 0 Å². The van der Waals surface area contributed by atoms with Crippen LogP contribution in [0.25, 0.3) is 16.7 Å². The van der Waals surface area contributed by atoms with E-state index in [0.717, 1.165) is 12.8 Å². The molecule has 1 heteroatoms. The molecule has 2 aromatic carbocycles. The summed E-state index contributed by atoms with van der Waals surface area (Å²) < 4.78 is 1.28. The fourth-order valence-electron chi connectivity index (χ4n) is 2.65. The second kappa shape index (κ2) is 5.96. The van der Waals surface area contributed by atoms with Crippen LogP contribution in [0.5, 0.6) is 0 Å². The highest BCUT2D eigenvalue weighted by atomic mass is 127. The van der Waals surface area contributed by atoms with E-state index in [0.29, 0.717) is 0 Å². The first kappa shape index (κ1) is 13.6. The standard InChI is InChI=1S/C19H17I/c1-14-10-17(15-6-3-2-4-7-15)12-18(11-14)16-8-5-9-19(20)13-16/h2-3,5-6,8-13H,4,7H2,1H3. The van der Waals surface area contributed by atoms with Crippen molar-refractivity contribution in [2.24, 2.45) is 0 Å². The second-order valence-corrected chi connectivity index (χ2v) is 6.50. The molecular formula is C19H17I. The van der Waals surface area contributed by atoms with Crippen LogP contribution in [0.2, 0.25) is 0 Å². The molecule has 0 fully saturated rings. The van der Waals surface area contributed by atoms with Gasteiger partial charge in [0.25, 0.3) is 0 Å². The first-order valence-electron chi connectivity index (χ1n) is 6.96. The number of aryl methyl sites for hydroxylation is 1. The topological polar surface area (TPSA) is 0 Å². The van der Waals surface area contributed by atoms with Gasteiger partial charge in [0.1, 0.15) is 0 Å². The molecule has 0 saturated carbocycles. The van der Waals surface area contributed by atoms with Crippen molar-refractivity contribution >= 4 is 28.2 Å². The lowest BCUT2D eigenvalue weighted by atomic mass is 9.92. The molecule has 2 aromatic rings. The Morgan fingerprint density at radius 1 is 0.950 bits per heavy atom. The maximum absolute atomic E-state index is 2.37. The van der Waals surface area contributed by atoms with Crippen LogP contribution in [0.15, 0.2) is 60.7 Å². The fourth-order valence-corrected chi connectivity index (χ4v) is 3.19. The normalized spacial score (nSPS) is 14.2. The van der Waals surface area contributed by atoms with E-state index in [1.165, 1.54) is 31.4 Å². The minimum atomic E-state index is 1.14. The van der Waals surface area contributed by atoms with E-state index in [1.807, 2.05) is 0 Å². The van der Waals surface area contributed by atoms with E-state index in [1.54, 1.807) is 0 Å². The van der Waals surface area contributed by atoms with Crippen LogP contribution in [-0.4, -0.2) is 0 Å². The molecular weight excluding hydrogens is 355 g/mol. The quantitative estimate of drug-likeness (QED) is 0.567. The Labute approximate surface area is 134 Å². The van der Waals surface area contributed by atoms with Crippen LogP contribution in [0.3, 0.4) is 0 Å². The summed E-state index contributed by atoms with van der Waals surface area (Å²) in [6.45, 7) is 2.18. The molecule has 0 aliphatic heterocycles. The Morgan fingerprint density at radius 3 is 2.55 bits per heavy atom. The average Bonchev–Trinajstić information content (AvgIpc) is 2.47. The molecule has 0 nitrogen and oxygen atoms in total. The molecule has 0 radical (unpaired) electrons. The van der Waals surface area contributed by atoms with Crippen molar-refractivity contribution in [2.75, 3.05) is 0 Å². The maximum atomic E-state index is 2.37. The smallest absolute Gasteiger partial charge is 0.0136 e. The number of benzene rings is 2. The third-order valence-electron chi connectivity index (χ3n) is 3.62. The Balaban J connectivity index is 2.07. The van der Waals surface area contributed by atoms with Crippen LogP contribution in [0, 0.1) is 10.5 Å². The first-order valence-corrected chi connectivity index (χ1v) is 8.04. The molecule has 20 heavy (non-hydrogen) atoms. The van der Waals surface area contributed by atoms with Gasteiger partial charge in [-0.1, -0.05) is 42.5 Å². The van der Waals surface area contributed by atoms with E-state index in [2.05, 4.69) is 90.2 Å². The van der Waals surface area contributed by atoms with Gasteiger partial charge in [-0.3, -0.25) is 0 Å². The molecule has 0 aromatic heterocycles. The number of hydrogen-bond acceptors (Lipinski definition) is 0. The predicted octanol–water partition coefficient (Wildman–Crippen LogP) is 6.00. The molecule has 0 unspecified atom stereocenters. The zero-order valence-corrected chi connectivity index (χ0v) is 13.7. The molecule has 3 rings (SSSR count). The molecule has 0 spiro atoms. The highest BCUT2D eigenvalue weighted by molar-refractivity contribution is 14.1. The Kier molecular flexibility index (Phi) is 4.06. The summed E-state index contributed by atoms with van der Waals surface area (Å²) in [7, 11) is 0. The fraction of sp³-hybridized carbons (Fsp3) is 0.158. The van der Waals surface area contributed by atoms with E-state index in [4.69, 9.17) is 0 Å². The van der Waals surface area contributed by atoms with Crippen LogP contribution >= 0.6 is 22.6 Å². The van der Waals surface area contributed by atoms with Gasteiger partial charge in [-0.05, 0) is 88.4 Å². The van der Waals surface area contributed by atoms with E-state index in [9.17, 15) is 0 Å². The minimum Gasteiger partial charge on any atom is -0.0842 e. The van der Waals surface area contributed by atoms with E-state index >= 15 is 0 Å². The SMILES string of the molecule is Cc1cc(C2=CC=CCC2)cc(-c2cccc(I)c2)c1. The van der Waals surface area contributed by atoms with Crippen molar-refractivity contribution in [1.82, 2.24) is 0 Å². The van der Waals surface area contributed by atoms with Gasteiger partial charge in [0.2, 0.25) is 0 Å². The average molecular weight is 372 g/mol. The van der Waals surface area contributed by atoms with Gasteiger partial charge in [-0.25, -0.2) is 0 Å². The second-order valence-electron chi connectivity index (χ2n) is 5.26. The van der Waals surface area contributed by atoms with Crippen molar-refractivity contribution in [3.05, 3.63) is 75.4 Å². The Bertz CT molecular complexity index is 693. The lowest BCUT2D eigenvalue weighted by Gasteiger charge is -2.13. The molecule has 0 amide bonds. The van der Waals surface area contributed by atoms with Crippen LogP contribution in [-0.2, 0) is 0 Å². The third-order valence-corrected chi connectivity index (χ3v) is 4.29. The summed E-state index contributed by atoms with van der Waals surface area (Å²) in [5.41, 5.74) is 6.75. The van der Waals surface area contributed by atoms with Crippen molar-refractivity contribution < 1.29 is 0 Å². The molecule has 0 saturated heterocycles. The van der Waals surface area contributed by atoms with Gasteiger partial charge in [0.15, 0.2) is 0 Å². The zero-order valence-electron chi connectivity index (χ0n) is 11.6. The number of allylic oxidation sites excluding steroid dienone is 4. The number of rotatable bonds is 2. The Hall–Kier alpha value is -1.35. The lowest BCUT2D eigenvalue weighted by Crippen LogP contribution is -1.91. The lowest BCUT2D eigenvalue weighted by molar-refractivity contribution is 1.05. The summed E-state index contributed by atoms with van der Waals surface area (Å²) in [4.78, 5) is 0. The monoisotopic (exact) mass is 372 g/mol. The molecule has 0 bridgehead atoms. The maximum Gasteiger partial charge on any atom is 0.0136 e. The van der Waals surface area contributed by atoms with Crippen LogP contribution < -0.4 is 0 Å². The van der Waals surface area contributed by atoms with Crippen molar-refractivity contribution in [1.29, 1.82) is 0 Å². The molecule has 100 valence electrons. The van der Waals surface area contributed by atoms with Gasteiger partial charge >= 0.3 is 0 Å². The highest BCUT2D eigenvalue weighted by Gasteiger charge is 2.07. The van der Waals surface area contributed by atoms with Crippen molar-refractivity contribution in [3.63, 3.8) is 0 Å². The largest absolute Gasteiger partial charge is 0.0842 e. The first-order chi connectivity index (χ1) is 9.72. The summed E-state index contributed by atoms with van der Waals surface area (Å²) in [5, 5.41) is 0. The molecule has 1 aliphatic carbocycles. The number of halogens is 1. The van der Waals surface area contributed by atoms with E-state index in [-0.39, 0.29) is 0 Å². The summed E-state index contributed by atoms with van der Waals surface area (Å²) in [6.07, 6.45) is 8.95. The summed E-state index contributed by atoms with van der Waals surface area (Å²) in [5.74, 6) is 0. The van der Waals surface area contributed by atoms with Gasteiger partial charge in [0.05, 0.1) is 0 Å². The summed E-state index contributed by atoms with van der Waals surface area (Å²) >= 11 is 2.37.